The van der Waals surface area contributed by atoms with E-state index in [-0.39, 0.29) is 5.75 Å². The van der Waals surface area contributed by atoms with E-state index in [1.165, 1.54) is 0 Å². The van der Waals surface area contributed by atoms with Crippen LogP contribution in [-0.4, -0.2) is 27.5 Å². The SMILES string of the molecule is C=CCNC(=S)N/N=C(\C)c1sc(-c2ccc(O)cc2)nc1C. The first-order chi connectivity index (χ1) is 11.0. The Bertz CT molecular complexity index is 735. The Morgan fingerprint density at radius 3 is 2.78 bits per heavy atom. The van der Waals surface area contributed by atoms with Gasteiger partial charge < -0.3 is 10.4 Å². The topological polar surface area (TPSA) is 69.5 Å². The fourth-order valence-corrected chi connectivity index (χ4v) is 2.99. The van der Waals surface area contributed by atoms with Gasteiger partial charge in [-0.05, 0) is 50.3 Å². The summed E-state index contributed by atoms with van der Waals surface area (Å²) < 4.78 is 0. The minimum absolute atomic E-state index is 0.240. The van der Waals surface area contributed by atoms with Gasteiger partial charge in [-0.25, -0.2) is 4.98 Å². The summed E-state index contributed by atoms with van der Waals surface area (Å²) in [7, 11) is 0. The van der Waals surface area contributed by atoms with Gasteiger partial charge in [-0.15, -0.1) is 17.9 Å². The highest BCUT2D eigenvalue weighted by Gasteiger charge is 2.12. The highest BCUT2D eigenvalue weighted by atomic mass is 32.1. The van der Waals surface area contributed by atoms with Gasteiger partial charge in [0.25, 0.3) is 0 Å². The van der Waals surface area contributed by atoms with Crippen LogP contribution in [0.3, 0.4) is 0 Å². The summed E-state index contributed by atoms with van der Waals surface area (Å²) in [4.78, 5) is 5.57. The third-order valence-electron chi connectivity index (χ3n) is 2.97. The zero-order chi connectivity index (χ0) is 16.8. The van der Waals surface area contributed by atoms with Crippen LogP contribution in [0.5, 0.6) is 5.75 Å². The number of hydrazone groups is 1. The van der Waals surface area contributed by atoms with Crippen LogP contribution in [0.15, 0.2) is 42.0 Å². The lowest BCUT2D eigenvalue weighted by molar-refractivity contribution is 0.475. The number of nitrogens with one attached hydrogen (secondary N) is 2. The minimum atomic E-state index is 0.240. The van der Waals surface area contributed by atoms with E-state index in [1.54, 1.807) is 29.5 Å². The minimum Gasteiger partial charge on any atom is -0.508 e. The van der Waals surface area contributed by atoms with Gasteiger partial charge in [0, 0.05) is 12.1 Å². The van der Waals surface area contributed by atoms with Gasteiger partial charge >= 0.3 is 0 Å². The quantitative estimate of drug-likeness (QED) is 0.336. The number of rotatable bonds is 5. The molecule has 0 fully saturated rings. The van der Waals surface area contributed by atoms with Gasteiger partial charge in [0.05, 0.1) is 16.3 Å². The zero-order valence-corrected chi connectivity index (χ0v) is 14.6. The third kappa shape index (κ3) is 4.61. The number of phenols is 1. The average Bonchev–Trinajstić information content (AvgIpc) is 2.93. The van der Waals surface area contributed by atoms with Gasteiger partial charge in [-0.3, -0.25) is 5.43 Å². The van der Waals surface area contributed by atoms with Crippen molar-refractivity contribution >= 4 is 34.4 Å². The predicted octanol–water partition coefficient (Wildman–Crippen LogP) is 3.20. The Labute approximate surface area is 144 Å². The molecule has 0 aliphatic rings. The first-order valence-corrected chi connectivity index (χ1v) is 8.20. The highest BCUT2D eigenvalue weighted by Crippen LogP contribution is 2.29. The van der Waals surface area contributed by atoms with Crippen molar-refractivity contribution in [3.05, 3.63) is 47.5 Å². The van der Waals surface area contributed by atoms with Gasteiger partial charge in [0.15, 0.2) is 5.11 Å². The zero-order valence-electron chi connectivity index (χ0n) is 13.0. The first kappa shape index (κ1) is 17.1. The van der Waals surface area contributed by atoms with Crippen LogP contribution in [0, 0.1) is 6.92 Å². The van der Waals surface area contributed by atoms with Crippen molar-refractivity contribution in [2.24, 2.45) is 5.10 Å². The van der Waals surface area contributed by atoms with E-state index in [1.807, 2.05) is 26.0 Å². The van der Waals surface area contributed by atoms with E-state index < -0.39 is 0 Å². The summed E-state index contributed by atoms with van der Waals surface area (Å²) in [6.45, 7) is 8.06. The van der Waals surface area contributed by atoms with Crippen LogP contribution in [0.2, 0.25) is 0 Å². The summed E-state index contributed by atoms with van der Waals surface area (Å²) in [6, 6.07) is 6.99. The highest BCUT2D eigenvalue weighted by molar-refractivity contribution is 7.80. The Kier molecular flexibility index (Phi) is 5.84. The first-order valence-electron chi connectivity index (χ1n) is 6.97. The molecule has 0 aliphatic heterocycles. The van der Waals surface area contributed by atoms with Crippen LogP contribution in [0.25, 0.3) is 10.6 Å². The van der Waals surface area contributed by atoms with E-state index in [0.29, 0.717) is 11.7 Å². The predicted molar refractivity (Wildman–Crippen MR) is 100 cm³/mol. The van der Waals surface area contributed by atoms with Gasteiger partial charge in [0.2, 0.25) is 0 Å². The van der Waals surface area contributed by atoms with Crippen LogP contribution in [0.1, 0.15) is 17.5 Å². The molecule has 0 saturated heterocycles. The number of phenolic OH excluding ortho intramolecular Hbond substituents is 1. The molecule has 0 unspecified atom stereocenters. The van der Waals surface area contributed by atoms with E-state index in [4.69, 9.17) is 12.2 Å². The number of hydrogen-bond acceptors (Lipinski definition) is 5. The molecule has 2 rings (SSSR count). The maximum Gasteiger partial charge on any atom is 0.187 e. The lowest BCUT2D eigenvalue weighted by atomic mass is 10.2. The molecule has 0 bridgehead atoms. The van der Waals surface area contributed by atoms with Gasteiger partial charge in [-0.2, -0.15) is 5.10 Å². The molecule has 0 saturated carbocycles. The molecule has 23 heavy (non-hydrogen) atoms. The molecule has 3 N–H and O–H groups in total. The number of nitrogens with zero attached hydrogens (tertiary/aromatic N) is 2. The third-order valence-corrected chi connectivity index (χ3v) is 4.52. The van der Waals surface area contributed by atoms with Gasteiger partial charge in [0.1, 0.15) is 10.8 Å². The van der Waals surface area contributed by atoms with Crippen LogP contribution < -0.4 is 10.7 Å². The second-order valence-electron chi connectivity index (χ2n) is 4.79. The van der Waals surface area contributed by atoms with Gasteiger partial charge in [-0.1, -0.05) is 6.08 Å². The summed E-state index contributed by atoms with van der Waals surface area (Å²) in [5.41, 5.74) is 5.49. The largest absolute Gasteiger partial charge is 0.508 e. The lowest BCUT2D eigenvalue weighted by Crippen LogP contribution is -2.32. The molecule has 0 radical (unpaired) electrons. The molecule has 1 aromatic carbocycles. The molecule has 7 heteroatoms. The lowest BCUT2D eigenvalue weighted by Gasteiger charge is -2.05. The number of thiazole rings is 1. The second kappa shape index (κ2) is 7.85. The summed E-state index contributed by atoms with van der Waals surface area (Å²) in [5, 5.41) is 17.9. The smallest absolute Gasteiger partial charge is 0.187 e. The van der Waals surface area contributed by atoms with Crippen molar-refractivity contribution in [1.82, 2.24) is 15.7 Å². The summed E-state index contributed by atoms with van der Waals surface area (Å²) >= 11 is 6.65. The van der Waals surface area contributed by atoms with Crippen molar-refractivity contribution in [3.63, 3.8) is 0 Å². The Morgan fingerprint density at radius 1 is 1.43 bits per heavy atom. The second-order valence-corrected chi connectivity index (χ2v) is 6.20. The Balaban J connectivity index is 2.15. The van der Waals surface area contributed by atoms with E-state index in [0.717, 1.165) is 26.9 Å². The van der Waals surface area contributed by atoms with Crippen molar-refractivity contribution in [2.75, 3.05) is 6.54 Å². The number of benzene rings is 1. The molecular formula is C16H18N4OS2. The number of hydrogen-bond donors (Lipinski definition) is 3. The Morgan fingerprint density at radius 2 is 2.13 bits per heavy atom. The molecule has 1 aromatic heterocycles. The number of aromatic nitrogens is 1. The molecule has 0 amide bonds. The van der Waals surface area contributed by atoms with Crippen LogP contribution in [-0.2, 0) is 0 Å². The fraction of sp³-hybridized carbons (Fsp3) is 0.188. The molecule has 120 valence electrons. The molecule has 0 aliphatic carbocycles. The fourth-order valence-electron chi connectivity index (χ4n) is 1.85. The van der Waals surface area contributed by atoms with Crippen LogP contribution >= 0.6 is 23.6 Å². The van der Waals surface area contributed by atoms with Crippen molar-refractivity contribution in [2.45, 2.75) is 13.8 Å². The Hall–Kier alpha value is -2.25. The molecule has 2 aromatic rings. The molecule has 1 heterocycles. The van der Waals surface area contributed by atoms with E-state index in [9.17, 15) is 5.11 Å². The molecular weight excluding hydrogens is 328 g/mol. The summed E-state index contributed by atoms with van der Waals surface area (Å²) in [6.07, 6.45) is 1.72. The van der Waals surface area contributed by atoms with Crippen molar-refractivity contribution in [1.29, 1.82) is 0 Å². The molecule has 0 atom stereocenters. The maximum atomic E-state index is 9.37. The number of aryl methyl sites for hydroxylation is 1. The number of thiocarbonyl (C=S) groups is 1. The normalized spacial score (nSPS) is 11.1. The summed E-state index contributed by atoms with van der Waals surface area (Å²) in [5.74, 6) is 0.240. The van der Waals surface area contributed by atoms with Crippen molar-refractivity contribution < 1.29 is 5.11 Å². The van der Waals surface area contributed by atoms with Crippen LogP contribution in [0.4, 0.5) is 0 Å². The maximum absolute atomic E-state index is 9.37. The number of aromatic hydroxyl groups is 1. The van der Waals surface area contributed by atoms with E-state index in [2.05, 4.69) is 27.4 Å². The van der Waals surface area contributed by atoms with Crippen molar-refractivity contribution in [3.8, 4) is 16.3 Å². The average molecular weight is 346 g/mol. The van der Waals surface area contributed by atoms with E-state index >= 15 is 0 Å². The monoisotopic (exact) mass is 346 g/mol. The molecule has 5 nitrogen and oxygen atoms in total. The standard InChI is InChI=1S/C16H18N4OS2/c1-4-9-17-16(22)20-19-11(3)14-10(2)18-15(23-14)12-5-7-13(21)8-6-12/h4-8,21H,1,9H2,2-3H3,(H2,17,20,22)/b19-11+. The molecule has 0 spiro atoms.